The second-order valence-corrected chi connectivity index (χ2v) is 6.37. The number of nitrogens with zero attached hydrogens (tertiary/aromatic N) is 3. The number of carbonyl (C=O) groups excluding carboxylic acids is 1. The number of hydrogen-bond donors (Lipinski definition) is 0. The van der Waals surface area contributed by atoms with Crippen LogP contribution in [-0.4, -0.2) is 27.0 Å². The van der Waals surface area contributed by atoms with Crippen LogP contribution in [0, 0.1) is 0 Å². The summed E-state index contributed by atoms with van der Waals surface area (Å²) in [4.78, 5) is 14.4. The molecule has 0 aromatic carbocycles. The van der Waals surface area contributed by atoms with Crippen molar-refractivity contribution < 1.29 is 9.21 Å². The Labute approximate surface area is 125 Å². The fourth-order valence-corrected chi connectivity index (χ4v) is 3.35. The van der Waals surface area contributed by atoms with Gasteiger partial charge >= 0.3 is 0 Å². The molecule has 0 saturated heterocycles. The van der Waals surface area contributed by atoms with Gasteiger partial charge in [0, 0.05) is 6.04 Å². The van der Waals surface area contributed by atoms with Gasteiger partial charge in [-0.05, 0) is 36.6 Å². The number of furan rings is 1. The lowest BCUT2D eigenvalue weighted by atomic mass is 10.2. The number of aromatic nitrogens is 2. The molecule has 7 heteroatoms. The molecule has 3 rings (SSSR count). The molecular weight excluding hydrogens is 298 g/mol. The van der Waals surface area contributed by atoms with Gasteiger partial charge in [-0.2, -0.15) is 0 Å². The van der Waals surface area contributed by atoms with Gasteiger partial charge in [0.1, 0.15) is 5.76 Å². The zero-order valence-electron chi connectivity index (χ0n) is 10.8. The summed E-state index contributed by atoms with van der Waals surface area (Å²) in [5, 5.41) is 7.90. The zero-order chi connectivity index (χ0) is 13.9. The van der Waals surface area contributed by atoms with Gasteiger partial charge in [-0.25, -0.2) is 0 Å². The van der Waals surface area contributed by atoms with Crippen molar-refractivity contribution in [3.05, 3.63) is 33.6 Å². The molecule has 1 saturated carbocycles. The van der Waals surface area contributed by atoms with Gasteiger partial charge < -0.3 is 9.32 Å². The highest BCUT2D eigenvalue weighted by Gasteiger charge is 2.30. The first-order valence-electron chi connectivity index (χ1n) is 6.56. The van der Waals surface area contributed by atoms with Crippen molar-refractivity contribution in [3.8, 4) is 0 Å². The molecular formula is C13H14ClN3O2S. The molecule has 2 aromatic rings. The minimum absolute atomic E-state index is 0.113. The Morgan fingerprint density at radius 2 is 2.25 bits per heavy atom. The molecule has 1 aliphatic carbocycles. The molecule has 20 heavy (non-hydrogen) atoms. The largest absolute Gasteiger partial charge is 0.467 e. The fraction of sp³-hybridized carbons (Fsp3) is 0.462. The lowest BCUT2D eigenvalue weighted by Crippen LogP contribution is -2.38. The molecule has 2 heterocycles. The van der Waals surface area contributed by atoms with Gasteiger partial charge in [-0.1, -0.05) is 24.2 Å². The average Bonchev–Trinajstić information content (AvgIpc) is 3.17. The summed E-state index contributed by atoms with van der Waals surface area (Å²) in [5.41, 5.74) is 0. The Balaban J connectivity index is 1.82. The first-order valence-corrected chi connectivity index (χ1v) is 7.76. The molecule has 0 bridgehead atoms. The zero-order valence-corrected chi connectivity index (χ0v) is 12.4. The van der Waals surface area contributed by atoms with Crippen molar-refractivity contribution in [2.24, 2.45) is 0 Å². The van der Waals surface area contributed by atoms with Crippen molar-refractivity contribution >= 4 is 28.8 Å². The molecule has 0 N–H and O–H groups in total. The molecule has 1 fully saturated rings. The normalized spacial score (nSPS) is 15.7. The van der Waals surface area contributed by atoms with E-state index < -0.39 is 0 Å². The van der Waals surface area contributed by atoms with Crippen molar-refractivity contribution in [1.29, 1.82) is 0 Å². The van der Waals surface area contributed by atoms with Crippen LogP contribution in [0.15, 0.2) is 22.8 Å². The van der Waals surface area contributed by atoms with E-state index in [0.717, 1.165) is 42.8 Å². The van der Waals surface area contributed by atoms with Crippen LogP contribution in [0.4, 0.5) is 0 Å². The van der Waals surface area contributed by atoms with Crippen LogP contribution in [0.25, 0.3) is 0 Å². The van der Waals surface area contributed by atoms with E-state index in [4.69, 9.17) is 16.0 Å². The van der Waals surface area contributed by atoms with Crippen LogP contribution in [0.3, 0.4) is 0 Å². The number of rotatable bonds is 4. The van der Waals surface area contributed by atoms with Gasteiger partial charge in [0.05, 0.1) is 12.8 Å². The van der Waals surface area contributed by atoms with Crippen molar-refractivity contribution in [3.63, 3.8) is 0 Å². The molecule has 1 amide bonds. The van der Waals surface area contributed by atoms with Crippen LogP contribution in [-0.2, 0) is 6.54 Å². The highest BCUT2D eigenvalue weighted by Crippen LogP contribution is 2.27. The van der Waals surface area contributed by atoms with Gasteiger partial charge in [0.25, 0.3) is 5.91 Å². The Hall–Kier alpha value is -1.40. The molecule has 1 aliphatic rings. The standard InChI is InChI=1S/C13H14ClN3O2S/c14-13-16-15-11(20-13)12(18)17(9-4-1-2-5-9)8-10-6-3-7-19-10/h3,6-7,9H,1-2,4-5,8H2. The summed E-state index contributed by atoms with van der Waals surface area (Å²) in [5.74, 6) is 0.665. The maximum atomic E-state index is 12.6. The van der Waals surface area contributed by atoms with E-state index in [0.29, 0.717) is 11.6 Å². The first kappa shape index (κ1) is 13.6. The topological polar surface area (TPSA) is 59.2 Å². The third-order valence-electron chi connectivity index (χ3n) is 3.52. The monoisotopic (exact) mass is 311 g/mol. The highest BCUT2D eigenvalue weighted by molar-refractivity contribution is 7.17. The fourth-order valence-electron chi connectivity index (χ4n) is 2.57. The molecule has 106 valence electrons. The lowest BCUT2D eigenvalue weighted by Gasteiger charge is -2.27. The van der Waals surface area contributed by atoms with Crippen LogP contribution < -0.4 is 0 Å². The van der Waals surface area contributed by atoms with Crippen LogP contribution >= 0.6 is 22.9 Å². The maximum absolute atomic E-state index is 12.6. The van der Waals surface area contributed by atoms with E-state index in [2.05, 4.69) is 10.2 Å². The van der Waals surface area contributed by atoms with Gasteiger partial charge in [-0.3, -0.25) is 4.79 Å². The number of carbonyl (C=O) groups is 1. The molecule has 2 aromatic heterocycles. The highest BCUT2D eigenvalue weighted by atomic mass is 35.5. The smallest absolute Gasteiger partial charge is 0.285 e. The van der Waals surface area contributed by atoms with Gasteiger partial charge in [0.15, 0.2) is 0 Å². The summed E-state index contributed by atoms with van der Waals surface area (Å²) < 4.78 is 5.65. The first-order chi connectivity index (χ1) is 9.74. The van der Waals surface area contributed by atoms with Crippen LogP contribution in [0.5, 0.6) is 0 Å². The summed E-state index contributed by atoms with van der Waals surface area (Å²) in [6.07, 6.45) is 5.99. The molecule has 0 aliphatic heterocycles. The Kier molecular flexibility index (Phi) is 4.03. The van der Waals surface area contributed by atoms with E-state index in [1.807, 2.05) is 17.0 Å². The molecule has 0 unspecified atom stereocenters. The SMILES string of the molecule is O=C(c1nnc(Cl)s1)N(Cc1ccco1)C1CCCC1. The second-order valence-electron chi connectivity index (χ2n) is 4.81. The minimum Gasteiger partial charge on any atom is -0.467 e. The van der Waals surface area contributed by atoms with Crippen molar-refractivity contribution in [1.82, 2.24) is 15.1 Å². The molecule has 0 radical (unpaired) electrons. The number of amides is 1. The van der Waals surface area contributed by atoms with E-state index in [1.165, 1.54) is 0 Å². The van der Waals surface area contributed by atoms with E-state index >= 15 is 0 Å². The van der Waals surface area contributed by atoms with Crippen LogP contribution in [0.1, 0.15) is 41.2 Å². The molecule has 0 atom stereocenters. The third kappa shape index (κ3) is 2.86. The predicted molar refractivity (Wildman–Crippen MR) is 75.8 cm³/mol. The predicted octanol–water partition coefficient (Wildman–Crippen LogP) is 3.37. The van der Waals surface area contributed by atoms with Gasteiger partial charge in [0.2, 0.25) is 9.47 Å². The summed E-state index contributed by atoms with van der Waals surface area (Å²) >= 11 is 6.88. The summed E-state index contributed by atoms with van der Waals surface area (Å²) in [7, 11) is 0. The number of halogens is 1. The van der Waals surface area contributed by atoms with Crippen LogP contribution in [0.2, 0.25) is 4.47 Å². The Morgan fingerprint density at radius 1 is 1.45 bits per heavy atom. The van der Waals surface area contributed by atoms with E-state index in [9.17, 15) is 4.79 Å². The third-order valence-corrected chi connectivity index (χ3v) is 4.52. The Bertz CT molecular complexity index is 578. The van der Waals surface area contributed by atoms with E-state index in [1.54, 1.807) is 6.26 Å². The maximum Gasteiger partial charge on any atom is 0.285 e. The molecule has 0 spiro atoms. The quantitative estimate of drug-likeness (QED) is 0.868. The second kappa shape index (κ2) is 5.93. The van der Waals surface area contributed by atoms with Crippen molar-refractivity contribution in [2.75, 3.05) is 0 Å². The summed E-state index contributed by atoms with van der Waals surface area (Å²) in [6, 6.07) is 3.95. The number of hydrogen-bond acceptors (Lipinski definition) is 5. The molecule has 5 nitrogen and oxygen atoms in total. The Morgan fingerprint density at radius 3 is 2.85 bits per heavy atom. The minimum atomic E-state index is -0.113. The van der Waals surface area contributed by atoms with Gasteiger partial charge in [-0.15, -0.1) is 10.2 Å². The van der Waals surface area contributed by atoms with E-state index in [-0.39, 0.29) is 16.4 Å². The van der Waals surface area contributed by atoms with Crippen molar-refractivity contribution in [2.45, 2.75) is 38.3 Å². The summed E-state index contributed by atoms with van der Waals surface area (Å²) in [6.45, 7) is 0.466. The average molecular weight is 312 g/mol. The lowest BCUT2D eigenvalue weighted by molar-refractivity contribution is 0.0647.